The van der Waals surface area contributed by atoms with Gasteiger partial charge in [0.1, 0.15) is 5.82 Å². The minimum atomic E-state index is -0.0496. The van der Waals surface area contributed by atoms with Crippen LogP contribution in [0.5, 0.6) is 0 Å². The number of benzene rings is 2. The number of nitrogens with zero attached hydrogens (tertiary/aromatic N) is 5. The van der Waals surface area contributed by atoms with Gasteiger partial charge in [-0.15, -0.1) is 0 Å². The molecule has 0 bridgehead atoms. The number of para-hydroxylation sites is 2. The fraction of sp³-hybridized carbons (Fsp3) is 0.452. The molecular formula is C31H38N6O2. The topological polar surface area (TPSA) is 73.7 Å². The third-order valence-corrected chi connectivity index (χ3v) is 8.70. The van der Waals surface area contributed by atoms with Crippen molar-refractivity contribution in [1.82, 2.24) is 19.6 Å². The third-order valence-electron chi connectivity index (χ3n) is 8.70. The zero-order valence-electron chi connectivity index (χ0n) is 23.0. The number of aromatic nitrogens is 2. The van der Waals surface area contributed by atoms with Crippen LogP contribution >= 0.6 is 0 Å². The summed E-state index contributed by atoms with van der Waals surface area (Å²) in [7, 11) is 1.90. The Labute approximate surface area is 230 Å². The first kappa shape index (κ1) is 25.6. The van der Waals surface area contributed by atoms with Crippen molar-refractivity contribution in [2.45, 2.75) is 45.6 Å². The maximum Gasteiger partial charge on any atom is 0.258 e. The predicted octanol–water partition coefficient (Wildman–Crippen LogP) is 4.51. The van der Waals surface area contributed by atoms with Gasteiger partial charge < -0.3 is 15.1 Å². The van der Waals surface area contributed by atoms with Gasteiger partial charge in [-0.05, 0) is 67.5 Å². The number of carbonyl (C=O) groups is 2. The van der Waals surface area contributed by atoms with Crippen molar-refractivity contribution in [3.8, 4) is 0 Å². The van der Waals surface area contributed by atoms with Gasteiger partial charge in [0.2, 0.25) is 5.91 Å². The van der Waals surface area contributed by atoms with E-state index in [9.17, 15) is 9.59 Å². The third kappa shape index (κ3) is 5.30. The van der Waals surface area contributed by atoms with Crippen LogP contribution in [0.4, 0.5) is 17.2 Å². The molecule has 2 aromatic carbocycles. The average Bonchev–Trinajstić information content (AvgIpc) is 3.17. The molecule has 2 fully saturated rings. The summed E-state index contributed by atoms with van der Waals surface area (Å²) >= 11 is 0. The maximum atomic E-state index is 13.8. The fourth-order valence-corrected chi connectivity index (χ4v) is 6.02. The Hall–Kier alpha value is -3.65. The number of anilines is 3. The van der Waals surface area contributed by atoms with Crippen molar-refractivity contribution in [2.75, 3.05) is 42.9 Å². The molecule has 1 aromatic heterocycles. The molecule has 1 aliphatic carbocycles. The van der Waals surface area contributed by atoms with E-state index in [-0.39, 0.29) is 11.8 Å². The van der Waals surface area contributed by atoms with Crippen LogP contribution in [-0.4, -0.2) is 64.1 Å². The first-order valence-electron chi connectivity index (χ1n) is 14.2. The molecule has 1 saturated heterocycles. The summed E-state index contributed by atoms with van der Waals surface area (Å²) in [5.74, 6) is 1.96. The van der Waals surface area contributed by atoms with Gasteiger partial charge in [0, 0.05) is 57.3 Å². The second-order valence-electron chi connectivity index (χ2n) is 11.3. The number of piperazine rings is 1. The first-order chi connectivity index (χ1) is 19.0. The number of rotatable bonds is 6. The highest BCUT2D eigenvalue weighted by molar-refractivity contribution is 6.08. The number of aryl methyl sites for hydroxylation is 3. The molecule has 2 aliphatic heterocycles. The maximum absolute atomic E-state index is 13.8. The lowest BCUT2D eigenvalue weighted by Gasteiger charge is -2.38. The van der Waals surface area contributed by atoms with E-state index >= 15 is 0 Å². The van der Waals surface area contributed by atoms with Crippen LogP contribution in [0.15, 0.2) is 48.7 Å². The second kappa shape index (κ2) is 10.8. The van der Waals surface area contributed by atoms with Gasteiger partial charge in [0.05, 0.1) is 24.1 Å². The molecule has 0 atom stereocenters. The van der Waals surface area contributed by atoms with Gasteiger partial charge in [-0.2, -0.15) is 5.10 Å². The highest BCUT2D eigenvalue weighted by Crippen LogP contribution is 2.36. The second-order valence-corrected chi connectivity index (χ2v) is 11.3. The highest BCUT2D eigenvalue weighted by Gasteiger charge is 2.28. The lowest BCUT2D eigenvalue weighted by molar-refractivity contribution is -0.133. The molecule has 39 heavy (non-hydrogen) atoms. The molecule has 3 aromatic rings. The Morgan fingerprint density at radius 1 is 1.05 bits per heavy atom. The lowest BCUT2D eigenvalue weighted by Crippen LogP contribution is -2.50. The van der Waals surface area contributed by atoms with Crippen LogP contribution in [-0.2, 0) is 24.8 Å². The van der Waals surface area contributed by atoms with E-state index in [2.05, 4.69) is 15.3 Å². The van der Waals surface area contributed by atoms with Gasteiger partial charge in [-0.3, -0.25) is 19.2 Å². The van der Waals surface area contributed by atoms with Gasteiger partial charge in [0.15, 0.2) is 0 Å². The first-order valence-corrected chi connectivity index (χ1v) is 14.2. The van der Waals surface area contributed by atoms with Crippen LogP contribution in [0.25, 0.3) is 0 Å². The Morgan fingerprint density at radius 3 is 2.59 bits per heavy atom. The average molecular weight is 527 g/mol. The highest BCUT2D eigenvalue weighted by atomic mass is 16.2. The number of nitrogens with one attached hydrogen (secondary N) is 1. The van der Waals surface area contributed by atoms with Crippen molar-refractivity contribution in [3.63, 3.8) is 0 Å². The molecule has 0 spiro atoms. The van der Waals surface area contributed by atoms with E-state index in [1.807, 2.05) is 72.4 Å². The molecule has 8 nitrogen and oxygen atoms in total. The van der Waals surface area contributed by atoms with Crippen LogP contribution in [0.1, 0.15) is 52.7 Å². The smallest absolute Gasteiger partial charge is 0.258 e. The number of carbonyl (C=O) groups excluding carboxylic acids is 2. The van der Waals surface area contributed by atoms with Gasteiger partial charge in [-0.1, -0.05) is 24.6 Å². The summed E-state index contributed by atoms with van der Waals surface area (Å²) in [6, 6.07) is 13.8. The molecule has 204 valence electrons. The van der Waals surface area contributed by atoms with Crippen LogP contribution in [0, 0.1) is 12.8 Å². The van der Waals surface area contributed by atoms with Crippen molar-refractivity contribution < 1.29 is 9.59 Å². The summed E-state index contributed by atoms with van der Waals surface area (Å²) < 4.78 is 1.80. The predicted molar refractivity (Wildman–Crippen MR) is 153 cm³/mol. The van der Waals surface area contributed by atoms with Gasteiger partial charge in [-0.25, -0.2) is 0 Å². The molecule has 2 amide bonds. The largest absolute Gasteiger partial charge is 0.340 e. The summed E-state index contributed by atoms with van der Waals surface area (Å²) in [5.41, 5.74) is 5.51. The number of fused-ring (bicyclic) bond motifs is 2. The van der Waals surface area contributed by atoms with Crippen LogP contribution < -0.4 is 10.2 Å². The Bertz CT molecular complexity index is 1370. The summed E-state index contributed by atoms with van der Waals surface area (Å²) in [4.78, 5) is 33.1. The van der Waals surface area contributed by atoms with E-state index in [1.165, 1.54) is 25.8 Å². The van der Waals surface area contributed by atoms with E-state index in [1.54, 1.807) is 4.68 Å². The fourth-order valence-electron chi connectivity index (χ4n) is 6.02. The minimum Gasteiger partial charge on any atom is -0.340 e. The quantitative estimate of drug-likeness (QED) is 0.512. The van der Waals surface area contributed by atoms with Gasteiger partial charge in [0.25, 0.3) is 5.91 Å². The number of hydrogen-bond acceptors (Lipinski definition) is 5. The van der Waals surface area contributed by atoms with E-state index in [0.29, 0.717) is 24.9 Å². The lowest BCUT2D eigenvalue weighted by atomic mass is 9.85. The van der Waals surface area contributed by atoms with Crippen LogP contribution in [0.2, 0.25) is 0 Å². The monoisotopic (exact) mass is 526 g/mol. The Balaban J connectivity index is 1.10. The standard InChI is InChI=1S/C31H38N6O2/c1-22-18-25(31(39)37-21-26-19-32-34(2)30(26)33-27-8-3-4-9-28(27)37)11-10-24(22)12-13-29(38)36-16-14-35(15-17-36)20-23-6-5-7-23/h3-4,8-11,18-19,23,33H,5-7,12-17,20-21H2,1-2H3. The summed E-state index contributed by atoms with van der Waals surface area (Å²) in [6.07, 6.45) is 7.14. The van der Waals surface area contributed by atoms with Crippen molar-refractivity contribution in [1.29, 1.82) is 0 Å². The van der Waals surface area contributed by atoms with Crippen molar-refractivity contribution in [3.05, 3.63) is 70.9 Å². The summed E-state index contributed by atoms with van der Waals surface area (Å²) in [5, 5.41) is 7.82. The molecular weight excluding hydrogens is 488 g/mol. The normalized spacial score (nSPS) is 17.6. The number of hydrogen-bond donors (Lipinski definition) is 1. The Morgan fingerprint density at radius 2 is 1.85 bits per heavy atom. The van der Waals surface area contributed by atoms with Gasteiger partial charge >= 0.3 is 0 Å². The molecule has 1 saturated carbocycles. The molecule has 1 N–H and O–H groups in total. The molecule has 8 heteroatoms. The zero-order chi connectivity index (χ0) is 26.9. The van der Waals surface area contributed by atoms with E-state index in [0.717, 1.165) is 66.0 Å². The zero-order valence-corrected chi connectivity index (χ0v) is 23.0. The summed E-state index contributed by atoms with van der Waals surface area (Å²) in [6.45, 7) is 7.34. The Kier molecular flexibility index (Phi) is 7.12. The van der Waals surface area contributed by atoms with E-state index in [4.69, 9.17) is 0 Å². The SMILES string of the molecule is Cc1cc(C(=O)N2Cc3cnn(C)c3Nc3ccccc32)ccc1CCC(=O)N1CCN(CC2CCC2)CC1. The molecule has 3 heterocycles. The van der Waals surface area contributed by atoms with E-state index < -0.39 is 0 Å². The molecule has 0 unspecified atom stereocenters. The molecule has 6 rings (SSSR count). The van der Waals surface area contributed by atoms with Crippen LogP contribution in [0.3, 0.4) is 0 Å². The minimum absolute atomic E-state index is 0.0496. The molecule has 3 aliphatic rings. The van der Waals surface area contributed by atoms with Crippen molar-refractivity contribution in [2.24, 2.45) is 13.0 Å². The molecule has 0 radical (unpaired) electrons. The number of amides is 2. The van der Waals surface area contributed by atoms with Crippen molar-refractivity contribution >= 4 is 29.0 Å².